The number of halogens is 2. The molecule has 0 amide bonds. The molecule has 2 N–H and O–H groups in total. The molecule has 0 saturated heterocycles. The van der Waals surface area contributed by atoms with Crippen LogP contribution in [0.3, 0.4) is 0 Å². The van der Waals surface area contributed by atoms with Crippen LogP contribution in [0.1, 0.15) is 18.2 Å². The summed E-state index contributed by atoms with van der Waals surface area (Å²) in [6.45, 7) is 1.93. The number of rotatable bonds is 5. The molecule has 22 heavy (non-hydrogen) atoms. The normalized spacial score (nSPS) is 10.9. The summed E-state index contributed by atoms with van der Waals surface area (Å²) in [5, 5.41) is 4.09. The molecule has 0 aliphatic carbocycles. The second kappa shape index (κ2) is 7.55. The summed E-state index contributed by atoms with van der Waals surface area (Å²) in [4.78, 5) is 18.3. The third kappa shape index (κ3) is 4.17. The molecule has 1 aromatic carbocycles. The first kappa shape index (κ1) is 16.7. The van der Waals surface area contributed by atoms with Crippen molar-refractivity contribution in [2.75, 3.05) is 12.5 Å². The fourth-order valence-corrected chi connectivity index (χ4v) is 3.22. The van der Waals surface area contributed by atoms with Gasteiger partial charge in [-0.3, -0.25) is 9.78 Å². The van der Waals surface area contributed by atoms with Gasteiger partial charge in [0.05, 0.1) is 17.8 Å². The summed E-state index contributed by atoms with van der Waals surface area (Å²) >= 11 is 6.84. The van der Waals surface area contributed by atoms with E-state index in [2.05, 4.69) is 52.4 Å². The summed E-state index contributed by atoms with van der Waals surface area (Å²) in [5.41, 5.74) is 3.97. The van der Waals surface area contributed by atoms with Crippen molar-refractivity contribution in [1.82, 2.24) is 9.97 Å². The summed E-state index contributed by atoms with van der Waals surface area (Å²) in [6.07, 6.45) is 2.27. The standard InChI is InChI=1S/C14H14Br2N4O2/c1-3-10-6-12(21)19-14(18-10)20-17-7-8-4-9(15)5-11(16)13(8)22-2/h4-7H,3H2,1-2H3,(H2,18,19,20,21)/b17-7-. The zero-order valence-electron chi connectivity index (χ0n) is 12.0. The van der Waals surface area contributed by atoms with Gasteiger partial charge in [0.2, 0.25) is 5.95 Å². The number of aryl methyl sites for hydroxylation is 1. The van der Waals surface area contributed by atoms with E-state index in [9.17, 15) is 4.79 Å². The Morgan fingerprint density at radius 1 is 1.41 bits per heavy atom. The third-order valence-corrected chi connectivity index (χ3v) is 3.82. The Labute approximate surface area is 144 Å². The molecule has 116 valence electrons. The maximum atomic E-state index is 11.5. The highest BCUT2D eigenvalue weighted by Crippen LogP contribution is 2.31. The van der Waals surface area contributed by atoms with Crippen molar-refractivity contribution in [3.05, 3.63) is 48.8 Å². The molecule has 0 aliphatic heterocycles. The number of methoxy groups -OCH3 is 1. The maximum absolute atomic E-state index is 11.5. The lowest BCUT2D eigenvalue weighted by atomic mass is 10.2. The maximum Gasteiger partial charge on any atom is 0.252 e. The minimum absolute atomic E-state index is 0.215. The van der Waals surface area contributed by atoms with Gasteiger partial charge < -0.3 is 4.74 Å². The first-order chi connectivity index (χ1) is 10.5. The van der Waals surface area contributed by atoms with E-state index in [-0.39, 0.29) is 5.56 Å². The second-order valence-electron chi connectivity index (χ2n) is 4.32. The number of nitrogens with one attached hydrogen (secondary N) is 2. The number of hydrazone groups is 1. The molecule has 0 aliphatic rings. The predicted octanol–water partition coefficient (Wildman–Crippen LogP) is 3.31. The van der Waals surface area contributed by atoms with Crippen LogP contribution in [-0.4, -0.2) is 23.3 Å². The number of aromatic nitrogens is 2. The molecule has 1 aromatic heterocycles. The zero-order chi connectivity index (χ0) is 16.1. The van der Waals surface area contributed by atoms with Crippen LogP contribution in [0.25, 0.3) is 0 Å². The van der Waals surface area contributed by atoms with Crippen molar-refractivity contribution < 1.29 is 4.74 Å². The van der Waals surface area contributed by atoms with E-state index in [1.54, 1.807) is 13.3 Å². The first-order valence-corrected chi connectivity index (χ1v) is 8.04. The van der Waals surface area contributed by atoms with Crippen LogP contribution in [0.15, 0.2) is 37.0 Å². The van der Waals surface area contributed by atoms with Crippen LogP contribution < -0.4 is 15.7 Å². The van der Waals surface area contributed by atoms with E-state index >= 15 is 0 Å². The molecule has 0 unspecified atom stereocenters. The van der Waals surface area contributed by atoms with Crippen molar-refractivity contribution in [2.45, 2.75) is 13.3 Å². The number of aromatic amines is 1. The van der Waals surface area contributed by atoms with Gasteiger partial charge in [0.25, 0.3) is 5.56 Å². The first-order valence-electron chi connectivity index (χ1n) is 6.45. The minimum atomic E-state index is -0.215. The lowest BCUT2D eigenvalue weighted by Crippen LogP contribution is -2.11. The fourth-order valence-electron chi connectivity index (χ4n) is 1.80. The average molecular weight is 430 g/mol. The van der Waals surface area contributed by atoms with Crippen LogP contribution in [-0.2, 0) is 6.42 Å². The molecule has 0 spiro atoms. The van der Waals surface area contributed by atoms with E-state index < -0.39 is 0 Å². The quantitative estimate of drug-likeness (QED) is 0.564. The summed E-state index contributed by atoms with van der Waals surface area (Å²) in [6, 6.07) is 5.21. The van der Waals surface area contributed by atoms with E-state index in [4.69, 9.17) is 4.74 Å². The molecular weight excluding hydrogens is 416 g/mol. The summed E-state index contributed by atoms with van der Waals surface area (Å²) in [7, 11) is 1.59. The Kier molecular flexibility index (Phi) is 5.73. The van der Waals surface area contributed by atoms with Gasteiger partial charge in [0.1, 0.15) is 5.75 Å². The number of benzene rings is 1. The van der Waals surface area contributed by atoms with Crippen molar-refractivity contribution in [1.29, 1.82) is 0 Å². The lowest BCUT2D eigenvalue weighted by molar-refractivity contribution is 0.411. The van der Waals surface area contributed by atoms with E-state index in [1.165, 1.54) is 6.07 Å². The molecule has 0 fully saturated rings. The SMILES string of the molecule is CCc1cc(=O)[nH]c(N/N=C\c2cc(Br)cc(Br)c2OC)n1. The average Bonchev–Trinajstić information content (AvgIpc) is 2.46. The number of ether oxygens (including phenoxy) is 1. The van der Waals surface area contributed by atoms with Gasteiger partial charge in [-0.15, -0.1) is 0 Å². The number of nitrogens with zero attached hydrogens (tertiary/aromatic N) is 2. The minimum Gasteiger partial charge on any atom is -0.495 e. The molecule has 2 aromatic rings. The van der Waals surface area contributed by atoms with Crippen LogP contribution in [0, 0.1) is 0 Å². The van der Waals surface area contributed by atoms with Gasteiger partial charge in [-0.25, -0.2) is 10.4 Å². The van der Waals surface area contributed by atoms with Crippen molar-refractivity contribution >= 4 is 44.0 Å². The third-order valence-electron chi connectivity index (χ3n) is 2.77. The highest BCUT2D eigenvalue weighted by Gasteiger charge is 2.07. The smallest absolute Gasteiger partial charge is 0.252 e. The zero-order valence-corrected chi connectivity index (χ0v) is 15.2. The van der Waals surface area contributed by atoms with Gasteiger partial charge in [-0.1, -0.05) is 22.9 Å². The second-order valence-corrected chi connectivity index (χ2v) is 6.09. The molecule has 8 heteroatoms. The molecule has 6 nitrogen and oxygen atoms in total. The van der Waals surface area contributed by atoms with Crippen molar-refractivity contribution in [2.24, 2.45) is 5.10 Å². The molecule has 0 radical (unpaired) electrons. The van der Waals surface area contributed by atoms with Crippen LogP contribution in [0.5, 0.6) is 5.75 Å². The van der Waals surface area contributed by atoms with E-state index in [0.717, 1.165) is 14.5 Å². The van der Waals surface area contributed by atoms with Gasteiger partial charge in [0, 0.05) is 21.8 Å². The number of hydrogen-bond acceptors (Lipinski definition) is 5. The monoisotopic (exact) mass is 428 g/mol. The van der Waals surface area contributed by atoms with Gasteiger partial charge in [0.15, 0.2) is 0 Å². The highest BCUT2D eigenvalue weighted by molar-refractivity contribution is 9.11. The number of H-pyrrole nitrogens is 1. The Balaban J connectivity index is 2.23. The lowest BCUT2D eigenvalue weighted by Gasteiger charge is -2.08. The molecular formula is C14H14Br2N4O2. The topological polar surface area (TPSA) is 79.4 Å². The Morgan fingerprint density at radius 3 is 2.86 bits per heavy atom. The highest BCUT2D eigenvalue weighted by atomic mass is 79.9. The summed E-state index contributed by atoms with van der Waals surface area (Å²) in [5.74, 6) is 0.964. The number of anilines is 1. The molecule has 1 heterocycles. The van der Waals surface area contributed by atoms with Crippen molar-refractivity contribution in [3.63, 3.8) is 0 Å². The van der Waals surface area contributed by atoms with Gasteiger partial charge in [-0.2, -0.15) is 5.10 Å². The fraction of sp³-hybridized carbons (Fsp3) is 0.214. The largest absolute Gasteiger partial charge is 0.495 e. The molecule has 0 bridgehead atoms. The molecule has 0 atom stereocenters. The van der Waals surface area contributed by atoms with Crippen LogP contribution in [0.2, 0.25) is 0 Å². The van der Waals surface area contributed by atoms with Crippen LogP contribution in [0.4, 0.5) is 5.95 Å². The number of hydrogen-bond donors (Lipinski definition) is 2. The Hall–Kier alpha value is -1.67. The molecule has 0 saturated carbocycles. The van der Waals surface area contributed by atoms with E-state index in [1.807, 2.05) is 19.1 Å². The van der Waals surface area contributed by atoms with Crippen molar-refractivity contribution in [3.8, 4) is 5.75 Å². The summed E-state index contributed by atoms with van der Waals surface area (Å²) < 4.78 is 7.03. The Bertz CT molecular complexity index is 759. The van der Waals surface area contributed by atoms with Gasteiger partial charge in [-0.05, 0) is 34.5 Å². The predicted molar refractivity (Wildman–Crippen MR) is 93.8 cm³/mol. The Morgan fingerprint density at radius 2 is 2.18 bits per heavy atom. The van der Waals surface area contributed by atoms with Gasteiger partial charge >= 0.3 is 0 Å². The van der Waals surface area contributed by atoms with Crippen LogP contribution >= 0.6 is 31.9 Å². The van der Waals surface area contributed by atoms with E-state index in [0.29, 0.717) is 23.8 Å². The molecule has 2 rings (SSSR count).